The summed E-state index contributed by atoms with van der Waals surface area (Å²) in [5, 5.41) is 3.03. The molecule has 4 N–H and O–H groups in total. The molecule has 0 unspecified atom stereocenters. The molecule has 3 aromatic rings. The third kappa shape index (κ3) is 3.48. The van der Waals surface area contributed by atoms with Gasteiger partial charge in [-0.15, -0.1) is 0 Å². The van der Waals surface area contributed by atoms with E-state index in [0.717, 1.165) is 40.8 Å². The van der Waals surface area contributed by atoms with Gasteiger partial charge in [0.05, 0.1) is 16.4 Å². The van der Waals surface area contributed by atoms with E-state index in [1.165, 1.54) is 0 Å². The highest BCUT2D eigenvalue weighted by atomic mass is 16.2. The summed E-state index contributed by atoms with van der Waals surface area (Å²) in [5.74, 6) is 0.882. The number of carbonyl (C=O) groups excluding carboxylic acids is 1. The van der Waals surface area contributed by atoms with E-state index in [1.807, 2.05) is 62.4 Å². The van der Waals surface area contributed by atoms with Crippen LogP contribution in [0, 0.1) is 5.41 Å². The van der Waals surface area contributed by atoms with Crippen LogP contribution in [-0.4, -0.2) is 22.4 Å². The lowest BCUT2D eigenvalue weighted by Crippen LogP contribution is -2.45. The zero-order valence-electron chi connectivity index (χ0n) is 15.4. The molecule has 26 heavy (non-hydrogen) atoms. The van der Waals surface area contributed by atoms with Crippen molar-refractivity contribution in [2.45, 2.75) is 33.2 Å². The number of H-pyrrole nitrogens is 1. The summed E-state index contributed by atoms with van der Waals surface area (Å²) in [6.45, 7) is 4.90. The fourth-order valence-corrected chi connectivity index (χ4v) is 3.19. The average molecular weight is 350 g/mol. The maximum absolute atomic E-state index is 12.5. The van der Waals surface area contributed by atoms with Gasteiger partial charge in [0.15, 0.2) is 0 Å². The van der Waals surface area contributed by atoms with Gasteiger partial charge in [-0.2, -0.15) is 0 Å². The number of para-hydroxylation sites is 2. The fraction of sp³-hybridized carbons (Fsp3) is 0.333. The van der Waals surface area contributed by atoms with Crippen molar-refractivity contribution in [3.05, 3.63) is 54.1 Å². The number of rotatable bonds is 7. The Labute approximate surface area is 154 Å². The lowest BCUT2D eigenvalue weighted by Gasteiger charge is -2.28. The molecule has 0 bridgehead atoms. The van der Waals surface area contributed by atoms with Gasteiger partial charge >= 0.3 is 0 Å². The van der Waals surface area contributed by atoms with E-state index >= 15 is 0 Å². The first-order valence-electron chi connectivity index (χ1n) is 9.14. The zero-order valence-corrected chi connectivity index (χ0v) is 15.4. The highest BCUT2D eigenvalue weighted by Gasteiger charge is 2.32. The second kappa shape index (κ2) is 7.70. The molecule has 136 valence electrons. The number of hydrogen-bond donors (Lipinski definition) is 3. The molecular formula is C21H26N4O. The van der Waals surface area contributed by atoms with E-state index in [2.05, 4.69) is 15.3 Å². The minimum absolute atomic E-state index is 0.0337. The van der Waals surface area contributed by atoms with Crippen LogP contribution < -0.4 is 11.1 Å². The number of fused-ring (bicyclic) bond motifs is 1. The third-order valence-electron chi connectivity index (χ3n) is 5.30. The van der Waals surface area contributed by atoms with Crippen LogP contribution in [0.3, 0.4) is 0 Å². The van der Waals surface area contributed by atoms with E-state index in [4.69, 9.17) is 5.73 Å². The largest absolute Gasteiger partial charge is 0.352 e. The number of hydrogen-bond acceptors (Lipinski definition) is 3. The number of carbonyl (C=O) groups is 1. The number of aromatic amines is 1. The predicted octanol–water partition coefficient (Wildman–Crippen LogP) is 3.61. The van der Waals surface area contributed by atoms with Crippen LogP contribution in [-0.2, 0) is 11.3 Å². The van der Waals surface area contributed by atoms with Crippen molar-refractivity contribution < 1.29 is 4.79 Å². The minimum atomic E-state index is -0.464. The Morgan fingerprint density at radius 2 is 1.81 bits per heavy atom. The summed E-state index contributed by atoms with van der Waals surface area (Å²) in [7, 11) is 0. The standard InChI is InChI=1S/C21H26N4O/c1-3-21(4-2,14-22)20(26)23-13-15-9-11-16(12-10-15)19-24-17-7-5-6-8-18(17)25-19/h5-12H,3-4,13-14,22H2,1-2H3,(H,23,26)(H,24,25). The zero-order chi connectivity index (χ0) is 18.6. The van der Waals surface area contributed by atoms with E-state index in [-0.39, 0.29) is 5.91 Å². The molecule has 0 fully saturated rings. The predicted molar refractivity (Wildman–Crippen MR) is 105 cm³/mol. The second-order valence-corrected chi connectivity index (χ2v) is 6.67. The van der Waals surface area contributed by atoms with Crippen LogP contribution in [0.15, 0.2) is 48.5 Å². The maximum Gasteiger partial charge on any atom is 0.227 e. The van der Waals surface area contributed by atoms with Crippen LogP contribution in [0.4, 0.5) is 0 Å². The molecule has 5 nitrogen and oxygen atoms in total. The van der Waals surface area contributed by atoms with Gasteiger partial charge in [0.25, 0.3) is 0 Å². The first-order chi connectivity index (χ1) is 12.6. The number of nitrogens with two attached hydrogens (primary N) is 1. The van der Waals surface area contributed by atoms with Crippen LogP contribution >= 0.6 is 0 Å². The molecule has 1 heterocycles. The van der Waals surface area contributed by atoms with Crippen LogP contribution in [0.2, 0.25) is 0 Å². The second-order valence-electron chi connectivity index (χ2n) is 6.67. The SMILES string of the molecule is CCC(CC)(CN)C(=O)NCc1ccc(-c2nc3ccccc3[nH]2)cc1. The van der Waals surface area contributed by atoms with Gasteiger partial charge < -0.3 is 16.0 Å². The summed E-state index contributed by atoms with van der Waals surface area (Å²) in [5.41, 5.74) is 9.43. The highest BCUT2D eigenvalue weighted by molar-refractivity contribution is 5.83. The summed E-state index contributed by atoms with van der Waals surface area (Å²) in [4.78, 5) is 20.5. The molecule has 0 saturated heterocycles. The summed E-state index contributed by atoms with van der Waals surface area (Å²) in [6, 6.07) is 16.1. The topological polar surface area (TPSA) is 83.8 Å². The normalized spacial score (nSPS) is 11.7. The van der Waals surface area contributed by atoms with E-state index < -0.39 is 5.41 Å². The van der Waals surface area contributed by atoms with Gasteiger partial charge in [0.1, 0.15) is 5.82 Å². The van der Waals surface area contributed by atoms with Crippen molar-refractivity contribution in [2.75, 3.05) is 6.54 Å². The first kappa shape index (κ1) is 18.1. The Bertz CT molecular complexity index is 837. The molecule has 0 aliphatic carbocycles. The Morgan fingerprint density at radius 3 is 2.42 bits per heavy atom. The molecule has 0 spiro atoms. The maximum atomic E-state index is 12.5. The molecule has 0 aliphatic rings. The quantitative estimate of drug-likeness (QED) is 0.608. The fourth-order valence-electron chi connectivity index (χ4n) is 3.19. The molecular weight excluding hydrogens is 324 g/mol. The molecule has 5 heteroatoms. The molecule has 1 aromatic heterocycles. The Balaban J connectivity index is 1.69. The number of amides is 1. The van der Waals surface area contributed by atoms with Gasteiger partial charge in [-0.25, -0.2) is 4.98 Å². The van der Waals surface area contributed by atoms with Crippen LogP contribution in [0.1, 0.15) is 32.3 Å². The number of aromatic nitrogens is 2. The van der Waals surface area contributed by atoms with E-state index in [0.29, 0.717) is 13.1 Å². The first-order valence-corrected chi connectivity index (χ1v) is 9.14. The van der Waals surface area contributed by atoms with Crippen LogP contribution in [0.25, 0.3) is 22.4 Å². The van der Waals surface area contributed by atoms with Gasteiger partial charge in [-0.05, 0) is 30.5 Å². The van der Waals surface area contributed by atoms with Gasteiger partial charge in [0.2, 0.25) is 5.91 Å². The van der Waals surface area contributed by atoms with Crippen molar-refractivity contribution in [1.82, 2.24) is 15.3 Å². The number of nitrogens with zero attached hydrogens (tertiary/aromatic N) is 1. The van der Waals surface area contributed by atoms with Crippen molar-refractivity contribution >= 4 is 16.9 Å². The molecule has 1 amide bonds. The van der Waals surface area contributed by atoms with Gasteiger partial charge in [-0.3, -0.25) is 4.79 Å². The minimum Gasteiger partial charge on any atom is -0.352 e. The van der Waals surface area contributed by atoms with E-state index in [1.54, 1.807) is 0 Å². The Morgan fingerprint density at radius 1 is 1.12 bits per heavy atom. The van der Waals surface area contributed by atoms with Crippen molar-refractivity contribution in [3.8, 4) is 11.4 Å². The summed E-state index contributed by atoms with van der Waals surface area (Å²) in [6.07, 6.45) is 1.49. The number of nitrogens with one attached hydrogen (secondary N) is 2. The third-order valence-corrected chi connectivity index (χ3v) is 5.30. The number of imidazole rings is 1. The highest BCUT2D eigenvalue weighted by Crippen LogP contribution is 2.25. The molecule has 0 atom stereocenters. The monoisotopic (exact) mass is 350 g/mol. The molecule has 0 aliphatic heterocycles. The molecule has 0 radical (unpaired) electrons. The molecule has 0 saturated carbocycles. The Hall–Kier alpha value is -2.66. The number of benzene rings is 2. The smallest absolute Gasteiger partial charge is 0.227 e. The Kier molecular flexibility index (Phi) is 5.38. The van der Waals surface area contributed by atoms with Gasteiger partial charge in [0, 0.05) is 18.7 Å². The summed E-state index contributed by atoms with van der Waals surface area (Å²) >= 11 is 0. The van der Waals surface area contributed by atoms with Gasteiger partial charge in [-0.1, -0.05) is 50.2 Å². The van der Waals surface area contributed by atoms with Crippen molar-refractivity contribution in [1.29, 1.82) is 0 Å². The average Bonchev–Trinajstić information content (AvgIpc) is 3.13. The van der Waals surface area contributed by atoms with E-state index in [9.17, 15) is 4.79 Å². The summed E-state index contributed by atoms with van der Waals surface area (Å²) < 4.78 is 0. The molecule has 2 aromatic carbocycles. The van der Waals surface area contributed by atoms with Crippen molar-refractivity contribution in [2.24, 2.45) is 11.1 Å². The van der Waals surface area contributed by atoms with Crippen molar-refractivity contribution in [3.63, 3.8) is 0 Å². The lowest BCUT2D eigenvalue weighted by molar-refractivity contribution is -0.131. The lowest BCUT2D eigenvalue weighted by atomic mass is 9.81. The molecule has 3 rings (SSSR count). The van der Waals surface area contributed by atoms with Crippen LogP contribution in [0.5, 0.6) is 0 Å².